The molecule has 1 amide bonds. The highest BCUT2D eigenvalue weighted by Gasteiger charge is 2.13. The lowest BCUT2D eigenvalue weighted by Crippen LogP contribution is -2.13. The van der Waals surface area contributed by atoms with E-state index < -0.39 is 11.7 Å². The zero-order valence-electron chi connectivity index (χ0n) is 14.1. The van der Waals surface area contributed by atoms with Crippen LogP contribution in [0.15, 0.2) is 53.9 Å². The highest BCUT2D eigenvalue weighted by molar-refractivity contribution is 7.13. The van der Waals surface area contributed by atoms with Gasteiger partial charge in [0.05, 0.1) is 12.3 Å². The van der Waals surface area contributed by atoms with Gasteiger partial charge >= 0.3 is 0 Å². The Bertz CT molecular complexity index is 881. The number of anilines is 1. The summed E-state index contributed by atoms with van der Waals surface area (Å²) in [6.07, 6.45) is 0. The van der Waals surface area contributed by atoms with Crippen LogP contribution in [0.3, 0.4) is 0 Å². The molecule has 134 valence electrons. The molecule has 0 aliphatic rings. The van der Waals surface area contributed by atoms with Gasteiger partial charge in [-0.05, 0) is 36.4 Å². The van der Waals surface area contributed by atoms with E-state index in [0.717, 1.165) is 11.3 Å². The fourth-order valence-corrected chi connectivity index (χ4v) is 3.00. The summed E-state index contributed by atoms with van der Waals surface area (Å²) in [6, 6.07) is 13.4. The average Bonchev–Trinajstić information content (AvgIpc) is 3.15. The zero-order chi connectivity index (χ0) is 18.4. The van der Waals surface area contributed by atoms with E-state index in [0.29, 0.717) is 18.2 Å². The number of carbonyl (C=O) groups excluding carboxylic acids is 1. The minimum atomic E-state index is -0.486. The third-order valence-corrected chi connectivity index (χ3v) is 4.41. The van der Waals surface area contributed by atoms with Crippen molar-refractivity contribution in [2.75, 3.05) is 25.6 Å². The zero-order valence-corrected chi connectivity index (χ0v) is 14.9. The molecule has 5 nitrogen and oxygen atoms in total. The Hall–Kier alpha value is -2.77. The first-order valence-corrected chi connectivity index (χ1v) is 8.79. The number of nitrogens with one attached hydrogen (secondary N) is 1. The van der Waals surface area contributed by atoms with Crippen LogP contribution >= 0.6 is 11.3 Å². The van der Waals surface area contributed by atoms with Crippen LogP contribution in [0, 0.1) is 5.82 Å². The molecule has 0 spiro atoms. The Kier molecular flexibility index (Phi) is 5.93. The van der Waals surface area contributed by atoms with Crippen LogP contribution in [0.25, 0.3) is 10.6 Å². The first-order chi connectivity index (χ1) is 12.7. The third-order valence-electron chi connectivity index (χ3n) is 3.52. The van der Waals surface area contributed by atoms with Crippen molar-refractivity contribution in [1.82, 2.24) is 4.98 Å². The van der Waals surface area contributed by atoms with Crippen molar-refractivity contribution in [2.45, 2.75) is 0 Å². The number of hydrogen-bond acceptors (Lipinski definition) is 5. The number of benzene rings is 2. The number of hydrogen-bond donors (Lipinski definition) is 1. The van der Waals surface area contributed by atoms with Gasteiger partial charge in [0, 0.05) is 18.1 Å². The van der Waals surface area contributed by atoms with E-state index in [1.807, 2.05) is 24.3 Å². The number of thiazole rings is 1. The number of methoxy groups -OCH3 is 1. The van der Waals surface area contributed by atoms with Crippen molar-refractivity contribution in [3.05, 3.63) is 65.4 Å². The molecule has 0 unspecified atom stereocenters. The van der Waals surface area contributed by atoms with Crippen molar-refractivity contribution in [2.24, 2.45) is 0 Å². The maximum Gasteiger partial charge on any atom is 0.275 e. The fourth-order valence-electron chi connectivity index (χ4n) is 2.20. The van der Waals surface area contributed by atoms with Gasteiger partial charge in [-0.2, -0.15) is 0 Å². The monoisotopic (exact) mass is 372 g/mol. The molecule has 3 rings (SSSR count). The second-order valence-electron chi connectivity index (χ2n) is 5.34. The van der Waals surface area contributed by atoms with Gasteiger partial charge in [0.25, 0.3) is 5.91 Å². The molecule has 0 aliphatic heterocycles. The molecular formula is C19H17FN2O3S. The smallest absolute Gasteiger partial charge is 0.275 e. The van der Waals surface area contributed by atoms with Crippen LogP contribution in [0.2, 0.25) is 0 Å². The lowest BCUT2D eigenvalue weighted by atomic mass is 10.2. The van der Waals surface area contributed by atoms with Crippen molar-refractivity contribution in [1.29, 1.82) is 0 Å². The van der Waals surface area contributed by atoms with E-state index in [9.17, 15) is 9.18 Å². The number of carbonyl (C=O) groups is 1. The molecule has 0 atom stereocenters. The number of nitrogens with zero attached hydrogens (tertiary/aromatic N) is 1. The highest BCUT2D eigenvalue weighted by Crippen LogP contribution is 2.26. The number of para-hydroxylation sites is 1. The first kappa shape index (κ1) is 18.0. The maximum atomic E-state index is 13.6. The summed E-state index contributed by atoms with van der Waals surface area (Å²) < 4.78 is 24.1. The quantitative estimate of drug-likeness (QED) is 0.631. The van der Waals surface area contributed by atoms with Gasteiger partial charge in [-0.3, -0.25) is 4.79 Å². The highest BCUT2D eigenvalue weighted by atomic mass is 32.1. The van der Waals surface area contributed by atoms with Gasteiger partial charge in [-0.15, -0.1) is 11.3 Å². The summed E-state index contributed by atoms with van der Waals surface area (Å²) in [7, 11) is 1.62. The van der Waals surface area contributed by atoms with Crippen LogP contribution in [0.1, 0.15) is 10.5 Å². The molecule has 0 aliphatic carbocycles. The van der Waals surface area contributed by atoms with Crippen molar-refractivity contribution in [3.63, 3.8) is 0 Å². The molecule has 0 saturated carbocycles. The minimum absolute atomic E-state index is 0.129. The molecule has 0 fully saturated rings. The summed E-state index contributed by atoms with van der Waals surface area (Å²) >= 11 is 1.35. The molecule has 1 heterocycles. The largest absolute Gasteiger partial charge is 0.491 e. The van der Waals surface area contributed by atoms with E-state index in [-0.39, 0.29) is 11.4 Å². The van der Waals surface area contributed by atoms with Crippen LogP contribution in [0.4, 0.5) is 10.1 Å². The first-order valence-electron chi connectivity index (χ1n) is 7.91. The van der Waals surface area contributed by atoms with Gasteiger partial charge in [0.1, 0.15) is 28.9 Å². The summed E-state index contributed by atoms with van der Waals surface area (Å²) in [6.45, 7) is 1.00. The molecule has 1 N–H and O–H groups in total. The Morgan fingerprint density at radius 1 is 1.15 bits per heavy atom. The average molecular weight is 372 g/mol. The molecule has 0 radical (unpaired) electrons. The maximum absolute atomic E-state index is 13.6. The van der Waals surface area contributed by atoms with E-state index in [2.05, 4.69) is 10.3 Å². The minimum Gasteiger partial charge on any atom is -0.491 e. The Morgan fingerprint density at radius 3 is 2.65 bits per heavy atom. The second-order valence-corrected chi connectivity index (χ2v) is 6.20. The van der Waals surface area contributed by atoms with Crippen LogP contribution in [-0.2, 0) is 4.74 Å². The van der Waals surface area contributed by atoms with Crippen LogP contribution in [0.5, 0.6) is 5.75 Å². The van der Waals surface area contributed by atoms with E-state index in [4.69, 9.17) is 9.47 Å². The lowest BCUT2D eigenvalue weighted by molar-refractivity contribution is 0.102. The Morgan fingerprint density at radius 2 is 1.92 bits per heavy atom. The molecular weight excluding hydrogens is 355 g/mol. The molecule has 1 aromatic heterocycles. The summed E-state index contributed by atoms with van der Waals surface area (Å²) in [4.78, 5) is 16.6. The summed E-state index contributed by atoms with van der Waals surface area (Å²) in [5.41, 5.74) is 1.25. The molecule has 26 heavy (non-hydrogen) atoms. The predicted octanol–water partition coefficient (Wildman–Crippen LogP) is 4.23. The summed E-state index contributed by atoms with van der Waals surface area (Å²) in [5.74, 6) is -0.197. The Balaban J connectivity index is 1.67. The number of amides is 1. The van der Waals surface area contributed by atoms with E-state index >= 15 is 0 Å². The number of aromatic nitrogens is 1. The molecule has 0 bridgehead atoms. The topological polar surface area (TPSA) is 60.5 Å². The van der Waals surface area contributed by atoms with Crippen LogP contribution < -0.4 is 10.1 Å². The van der Waals surface area contributed by atoms with Crippen molar-refractivity contribution < 1.29 is 18.7 Å². The summed E-state index contributed by atoms with van der Waals surface area (Å²) in [5, 5.41) is 4.88. The van der Waals surface area contributed by atoms with Gasteiger partial charge < -0.3 is 14.8 Å². The third kappa shape index (κ3) is 4.44. The number of halogens is 1. The fraction of sp³-hybridized carbons (Fsp3) is 0.158. The van der Waals surface area contributed by atoms with Crippen molar-refractivity contribution in [3.8, 4) is 16.3 Å². The normalized spacial score (nSPS) is 10.5. The molecule has 3 aromatic rings. The second kappa shape index (κ2) is 8.55. The molecule has 0 saturated heterocycles. The van der Waals surface area contributed by atoms with E-state index in [1.54, 1.807) is 24.6 Å². The van der Waals surface area contributed by atoms with Crippen molar-refractivity contribution >= 4 is 22.9 Å². The number of ether oxygens (including phenoxy) is 2. The number of rotatable bonds is 7. The van der Waals surface area contributed by atoms with Gasteiger partial charge in [0.2, 0.25) is 0 Å². The lowest BCUT2D eigenvalue weighted by Gasteiger charge is -2.05. The SMILES string of the molecule is COCCOc1ccc(-c2nc(C(=O)Nc3ccccc3F)cs2)cc1. The van der Waals surface area contributed by atoms with Gasteiger partial charge in [0.15, 0.2) is 0 Å². The molecule has 2 aromatic carbocycles. The van der Waals surface area contributed by atoms with E-state index in [1.165, 1.54) is 23.5 Å². The predicted molar refractivity (Wildman–Crippen MR) is 99.3 cm³/mol. The molecule has 7 heteroatoms. The standard InChI is InChI=1S/C19H17FN2O3S/c1-24-10-11-25-14-8-6-13(7-9-14)19-22-17(12-26-19)18(23)21-16-5-3-2-4-15(16)20/h2-9,12H,10-11H2,1H3,(H,21,23). The van der Waals surface area contributed by atoms with Gasteiger partial charge in [-0.25, -0.2) is 9.37 Å². The Labute approximate surface area is 154 Å². The van der Waals surface area contributed by atoms with Crippen LogP contribution in [-0.4, -0.2) is 31.2 Å². The van der Waals surface area contributed by atoms with Gasteiger partial charge in [-0.1, -0.05) is 12.1 Å².